The molecular weight excluding hydrogens is 354 g/mol. The quantitative estimate of drug-likeness (QED) is 0.762. The lowest BCUT2D eigenvalue weighted by molar-refractivity contribution is -0.130. The zero-order valence-electron chi connectivity index (χ0n) is 15.1. The largest absolute Gasteiger partial charge is 0.340 e. The minimum absolute atomic E-state index is 0.0252. The molecule has 2 amide bonds. The second-order valence-corrected chi connectivity index (χ2v) is 9.26. The van der Waals surface area contributed by atoms with Crippen LogP contribution in [0.15, 0.2) is 17.0 Å². The molecule has 1 atom stereocenters. The first-order chi connectivity index (χ1) is 12.3. The summed E-state index contributed by atoms with van der Waals surface area (Å²) in [5.41, 5.74) is 2.82. The smallest absolute Gasteiger partial charge is 0.243 e. The number of anilines is 1. The Labute approximate surface area is 153 Å². The molecule has 0 aromatic heterocycles. The van der Waals surface area contributed by atoms with Gasteiger partial charge in [0.1, 0.15) is 0 Å². The maximum Gasteiger partial charge on any atom is 0.243 e. The zero-order chi connectivity index (χ0) is 18.6. The Bertz CT molecular complexity index is 888. The van der Waals surface area contributed by atoms with Gasteiger partial charge in [0.2, 0.25) is 21.8 Å². The van der Waals surface area contributed by atoms with Crippen molar-refractivity contribution in [2.75, 3.05) is 31.1 Å². The van der Waals surface area contributed by atoms with Gasteiger partial charge in [-0.3, -0.25) is 9.59 Å². The first kappa shape index (κ1) is 17.5. The van der Waals surface area contributed by atoms with Crippen molar-refractivity contribution in [1.29, 1.82) is 0 Å². The van der Waals surface area contributed by atoms with Crippen LogP contribution in [-0.4, -0.2) is 61.7 Å². The highest BCUT2D eigenvalue weighted by molar-refractivity contribution is 7.89. The fourth-order valence-corrected chi connectivity index (χ4v) is 5.81. The summed E-state index contributed by atoms with van der Waals surface area (Å²) in [7, 11) is -3.60. The van der Waals surface area contributed by atoms with Crippen LogP contribution in [0.5, 0.6) is 0 Å². The summed E-state index contributed by atoms with van der Waals surface area (Å²) in [6, 6.07) is 3.55. The number of nitrogens with zero attached hydrogens (tertiary/aromatic N) is 3. The number of piperazine rings is 1. The second kappa shape index (κ2) is 6.06. The molecule has 4 rings (SSSR count). The summed E-state index contributed by atoms with van der Waals surface area (Å²) in [6.07, 6.45) is 1.71. The van der Waals surface area contributed by atoms with Crippen LogP contribution in [0, 0.1) is 0 Å². The molecule has 3 aliphatic heterocycles. The molecule has 1 aromatic carbocycles. The van der Waals surface area contributed by atoms with Gasteiger partial charge < -0.3 is 9.80 Å². The van der Waals surface area contributed by atoms with Crippen LogP contribution in [-0.2, 0) is 32.5 Å². The molecule has 1 saturated heterocycles. The van der Waals surface area contributed by atoms with E-state index in [0.717, 1.165) is 16.8 Å². The van der Waals surface area contributed by atoms with Gasteiger partial charge in [-0.2, -0.15) is 4.31 Å². The molecule has 3 aliphatic rings. The minimum atomic E-state index is -3.60. The lowest BCUT2D eigenvalue weighted by Gasteiger charge is -2.34. The van der Waals surface area contributed by atoms with Crippen molar-refractivity contribution >= 4 is 27.5 Å². The van der Waals surface area contributed by atoms with Gasteiger partial charge in [0.05, 0.1) is 10.6 Å². The van der Waals surface area contributed by atoms with Gasteiger partial charge in [-0.25, -0.2) is 8.42 Å². The topological polar surface area (TPSA) is 78.0 Å². The molecule has 0 bridgehead atoms. The Hall–Kier alpha value is -1.93. The molecule has 0 radical (unpaired) electrons. The van der Waals surface area contributed by atoms with Crippen LogP contribution < -0.4 is 4.90 Å². The first-order valence-corrected chi connectivity index (χ1v) is 10.5. The summed E-state index contributed by atoms with van der Waals surface area (Å²) in [4.78, 5) is 27.5. The lowest BCUT2D eigenvalue weighted by atomic mass is 10.00. The highest BCUT2D eigenvalue weighted by Crippen LogP contribution is 2.41. The summed E-state index contributed by atoms with van der Waals surface area (Å²) < 4.78 is 27.7. The standard InChI is InChI=1S/C18H23N3O4S/c1-12-9-15-11-16(10-14-3-4-17(23)21(12)18(14)15)26(24,25)20-7-5-19(6-8-20)13(2)22/h10-12H,3-9H2,1-2H3/t12-/m1/s1. The van der Waals surface area contributed by atoms with E-state index < -0.39 is 10.0 Å². The van der Waals surface area contributed by atoms with E-state index in [1.165, 1.54) is 11.2 Å². The monoisotopic (exact) mass is 377 g/mol. The molecule has 1 aromatic rings. The third-order valence-corrected chi connectivity index (χ3v) is 7.51. The predicted octanol–water partition coefficient (Wildman–Crippen LogP) is 0.763. The number of hydrogen-bond donors (Lipinski definition) is 0. The predicted molar refractivity (Wildman–Crippen MR) is 96.4 cm³/mol. The van der Waals surface area contributed by atoms with Gasteiger partial charge in [0.15, 0.2) is 0 Å². The number of amides is 2. The Balaban J connectivity index is 1.66. The second-order valence-electron chi connectivity index (χ2n) is 7.32. The van der Waals surface area contributed by atoms with Crippen LogP contribution in [0.2, 0.25) is 0 Å². The van der Waals surface area contributed by atoms with Crippen LogP contribution in [0.25, 0.3) is 0 Å². The molecule has 0 unspecified atom stereocenters. The van der Waals surface area contributed by atoms with Crippen molar-refractivity contribution in [3.63, 3.8) is 0 Å². The van der Waals surface area contributed by atoms with Crippen molar-refractivity contribution in [3.05, 3.63) is 23.3 Å². The highest BCUT2D eigenvalue weighted by atomic mass is 32.2. The molecule has 8 heteroatoms. The molecule has 0 N–H and O–H groups in total. The summed E-state index contributed by atoms with van der Waals surface area (Å²) in [5.74, 6) is 0.0995. The van der Waals surface area contributed by atoms with Crippen molar-refractivity contribution in [1.82, 2.24) is 9.21 Å². The number of carbonyl (C=O) groups is 2. The van der Waals surface area contributed by atoms with E-state index in [4.69, 9.17) is 0 Å². The Morgan fingerprint density at radius 1 is 1.08 bits per heavy atom. The van der Waals surface area contributed by atoms with Gasteiger partial charge in [-0.15, -0.1) is 0 Å². The molecule has 0 spiro atoms. The third kappa shape index (κ3) is 2.63. The maximum absolute atomic E-state index is 13.1. The summed E-state index contributed by atoms with van der Waals surface area (Å²) in [5, 5.41) is 0. The normalized spacial score (nSPS) is 23.3. The molecule has 0 saturated carbocycles. The summed E-state index contributed by atoms with van der Waals surface area (Å²) >= 11 is 0. The number of benzene rings is 1. The molecular formula is C18H23N3O4S. The molecule has 7 nitrogen and oxygen atoms in total. The Kier molecular flexibility index (Phi) is 4.07. The van der Waals surface area contributed by atoms with Gasteiger partial charge >= 0.3 is 0 Å². The number of carbonyl (C=O) groups excluding carboxylic acids is 2. The number of sulfonamides is 1. The molecule has 1 fully saturated rings. The third-order valence-electron chi connectivity index (χ3n) is 5.64. The van der Waals surface area contributed by atoms with E-state index in [2.05, 4.69) is 0 Å². The van der Waals surface area contributed by atoms with Crippen LogP contribution in [0.4, 0.5) is 5.69 Å². The maximum atomic E-state index is 13.1. The van der Waals surface area contributed by atoms with Crippen molar-refractivity contribution in [2.24, 2.45) is 0 Å². The molecule has 26 heavy (non-hydrogen) atoms. The zero-order valence-corrected chi connectivity index (χ0v) is 15.9. The first-order valence-electron chi connectivity index (χ1n) is 9.02. The van der Waals surface area contributed by atoms with E-state index in [-0.39, 0.29) is 17.9 Å². The van der Waals surface area contributed by atoms with E-state index in [0.29, 0.717) is 50.3 Å². The van der Waals surface area contributed by atoms with Crippen molar-refractivity contribution in [3.8, 4) is 0 Å². The SMILES string of the molecule is CC(=O)N1CCN(S(=O)(=O)c2cc3c4c(c2)C[C@@H](C)N4C(=O)CC3)CC1. The van der Waals surface area contributed by atoms with Crippen molar-refractivity contribution in [2.45, 2.75) is 44.0 Å². The van der Waals surface area contributed by atoms with E-state index in [1.54, 1.807) is 17.0 Å². The highest BCUT2D eigenvalue weighted by Gasteiger charge is 2.38. The number of aryl methyl sites for hydroxylation is 1. The van der Waals surface area contributed by atoms with E-state index in [9.17, 15) is 18.0 Å². The molecule has 0 aliphatic carbocycles. The van der Waals surface area contributed by atoms with Crippen LogP contribution in [0.3, 0.4) is 0 Å². The van der Waals surface area contributed by atoms with Gasteiger partial charge in [-0.05, 0) is 43.0 Å². The number of hydrogen-bond acceptors (Lipinski definition) is 4. The van der Waals surface area contributed by atoms with Gasteiger partial charge in [0, 0.05) is 45.6 Å². The summed E-state index contributed by atoms with van der Waals surface area (Å²) in [6.45, 7) is 4.98. The van der Waals surface area contributed by atoms with Crippen molar-refractivity contribution < 1.29 is 18.0 Å². The van der Waals surface area contributed by atoms with E-state index in [1.807, 2.05) is 11.8 Å². The fourth-order valence-electron chi connectivity index (χ4n) is 4.29. The Morgan fingerprint density at radius 3 is 2.38 bits per heavy atom. The molecule has 3 heterocycles. The Morgan fingerprint density at radius 2 is 1.73 bits per heavy atom. The van der Waals surface area contributed by atoms with Crippen LogP contribution >= 0.6 is 0 Å². The van der Waals surface area contributed by atoms with Gasteiger partial charge in [0.25, 0.3) is 0 Å². The average Bonchev–Trinajstić information content (AvgIpc) is 2.95. The average molecular weight is 377 g/mol. The molecule has 140 valence electrons. The number of rotatable bonds is 2. The minimum Gasteiger partial charge on any atom is -0.340 e. The van der Waals surface area contributed by atoms with Gasteiger partial charge in [-0.1, -0.05) is 0 Å². The van der Waals surface area contributed by atoms with Crippen LogP contribution in [0.1, 0.15) is 31.4 Å². The van der Waals surface area contributed by atoms with E-state index >= 15 is 0 Å². The lowest BCUT2D eigenvalue weighted by Crippen LogP contribution is -2.49. The fraction of sp³-hybridized carbons (Fsp3) is 0.556.